The summed E-state index contributed by atoms with van der Waals surface area (Å²) in [4.78, 5) is 31.3. The van der Waals surface area contributed by atoms with Crippen LogP contribution in [0.2, 0.25) is 0 Å². The molecule has 10 heteroatoms. The van der Waals surface area contributed by atoms with E-state index in [1.807, 2.05) is 0 Å². The fourth-order valence-corrected chi connectivity index (χ4v) is 3.93. The van der Waals surface area contributed by atoms with Crippen molar-refractivity contribution in [3.63, 3.8) is 0 Å². The van der Waals surface area contributed by atoms with Crippen molar-refractivity contribution in [2.45, 2.75) is 58.4 Å². The fourth-order valence-electron chi connectivity index (χ4n) is 3.55. The quantitative estimate of drug-likeness (QED) is 0.206. The zero-order chi connectivity index (χ0) is 23.1. The Labute approximate surface area is 194 Å². The highest BCUT2D eigenvalue weighted by Crippen LogP contribution is 2.21. The summed E-state index contributed by atoms with van der Waals surface area (Å²) in [5.74, 6) is 0.456. The van der Waals surface area contributed by atoms with Gasteiger partial charge in [0.15, 0.2) is 11.2 Å². The first-order chi connectivity index (χ1) is 15.4. The van der Waals surface area contributed by atoms with E-state index in [2.05, 4.69) is 43.3 Å². The third-order valence-corrected chi connectivity index (χ3v) is 5.84. The van der Waals surface area contributed by atoms with Crippen molar-refractivity contribution >= 4 is 39.3 Å². The van der Waals surface area contributed by atoms with E-state index in [4.69, 9.17) is 0 Å². The molecule has 32 heavy (non-hydrogen) atoms. The molecule has 2 aromatic heterocycles. The molecule has 0 amide bonds. The first-order valence-electron chi connectivity index (χ1n) is 10.9. The van der Waals surface area contributed by atoms with Gasteiger partial charge in [-0.1, -0.05) is 61.4 Å². The molecule has 0 aliphatic rings. The number of phenolic OH excluding ortho intramolecular Hbond substituents is 1. The lowest BCUT2D eigenvalue weighted by Gasteiger charge is -2.08. The van der Waals surface area contributed by atoms with Crippen LogP contribution in [0.5, 0.6) is 5.75 Å². The highest BCUT2D eigenvalue weighted by Gasteiger charge is 2.17. The number of phenols is 1. The van der Waals surface area contributed by atoms with Gasteiger partial charge in [0.2, 0.25) is 5.95 Å². The summed E-state index contributed by atoms with van der Waals surface area (Å²) in [5, 5.41) is 14.2. The number of benzene rings is 1. The lowest BCUT2D eigenvalue weighted by atomic mass is 10.1. The van der Waals surface area contributed by atoms with Gasteiger partial charge in [-0.3, -0.25) is 14.3 Å². The molecule has 3 aromatic rings. The topological polar surface area (TPSA) is 117 Å². The van der Waals surface area contributed by atoms with Gasteiger partial charge in [0.05, 0.1) is 6.21 Å². The molecule has 0 radical (unpaired) electrons. The van der Waals surface area contributed by atoms with Gasteiger partial charge in [-0.25, -0.2) is 10.2 Å². The van der Waals surface area contributed by atoms with Crippen molar-refractivity contribution in [3.8, 4) is 5.75 Å². The number of fused-ring (bicyclic) bond motifs is 1. The van der Waals surface area contributed by atoms with Gasteiger partial charge in [0.1, 0.15) is 5.75 Å². The molecule has 0 aliphatic carbocycles. The molecular weight excluding hydrogens is 476 g/mol. The van der Waals surface area contributed by atoms with E-state index in [1.54, 1.807) is 29.8 Å². The summed E-state index contributed by atoms with van der Waals surface area (Å²) in [6, 6.07) is 5.03. The van der Waals surface area contributed by atoms with E-state index in [0.717, 1.165) is 23.7 Å². The van der Waals surface area contributed by atoms with E-state index >= 15 is 0 Å². The molecule has 1 aromatic carbocycles. The average molecular weight is 505 g/mol. The Balaban J connectivity index is 1.83. The first-order valence-corrected chi connectivity index (χ1v) is 11.7. The number of unbranched alkanes of at least 4 members (excludes halogenated alkanes) is 6. The maximum Gasteiger partial charge on any atom is 0.329 e. The van der Waals surface area contributed by atoms with Gasteiger partial charge < -0.3 is 9.67 Å². The number of aromatic hydroxyl groups is 1. The third-order valence-electron chi connectivity index (χ3n) is 5.35. The van der Waals surface area contributed by atoms with Crippen LogP contribution in [0.1, 0.15) is 57.4 Å². The second-order valence-corrected chi connectivity index (χ2v) is 8.69. The number of hydrazone groups is 1. The Morgan fingerprint density at radius 2 is 1.91 bits per heavy atom. The van der Waals surface area contributed by atoms with Crippen molar-refractivity contribution in [2.24, 2.45) is 12.1 Å². The van der Waals surface area contributed by atoms with Crippen LogP contribution in [-0.4, -0.2) is 30.4 Å². The molecule has 172 valence electrons. The molecular formula is C22H29BrN6O3. The highest BCUT2D eigenvalue weighted by molar-refractivity contribution is 9.10. The second-order valence-electron chi connectivity index (χ2n) is 7.77. The van der Waals surface area contributed by atoms with Crippen LogP contribution in [0.4, 0.5) is 5.95 Å². The standard InChI is InChI=1S/C22H29BrN6O3/c1-3-4-5-6-7-8-9-12-29-18-19(28(2)22(32)26-20(18)31)25-21(29)27-24-14-15-13-16(23)10-11-17(15)30/h10-11,13-14,30H,3-9,12H2,1-2H3,(H,25,27)(H,26,31,32)/b24-14+. The maximum absolute atomic E-state index is 12.5. The van der Waals surface area contributed by atoms with Crippen LogP contribution < -0.4 is 16.7 Å². The zero-order valence-electron chi connectivity index (χ0n) is 18.4. The van der Waals surface area contributed by atoms with Crippen LogP contribution in [0, 0.1) is 0 Å². The van der Waals surface area contributed by atoms with Crippen molar-refractivity contribution in [1.29, 1.82) is 0 Å². The summed E-state index contributed by atoms with van der Waals surface area (Å²) in [7, 11) is 1.57. The number of hydrogen-bond acceptors (Lipinski definition) is 6. The van der Waals surface area contributed by atoms with Crippen molar-refractivity contribution in [3.05, 3.63) is 49.1 Å². The normalized spacial score (nSPS) is 11.6. The molecule has 9 nitrogen and oxygen atoms in total. The number of aryl methyl sites for hydroxylation is 2. The lowest BCUT2D eigenvalue weighted by Crippen LogP contribution is -2.29. The Morgan fingerprint density at radius 1 is 1.19 bits per heavy atom. The minimum atomic E-state index is -0.516. The number of anilines is 1. The van der Waals surface area contributed by atoms with Gasteiger partial charge in [-0.05, 0) is 24.6 Å². The van der Waals surface area contributed by atoms with Crippen molar-refractivity contribution < 1.29 is 5.11 Å². The van der Waals surface area contributed by atoms with Crippen LogP contribution in [-0.2, 0) is 13.6 Å². The summed E-state index contributed by atoms with van der Waals surface area (Å²) in [6.45, 7) is 2.77. The second kappa shape index (κ2) is 11.1. The minimum absolute atomic E-state index is 0.0918. The third kappa shape index (κ3) is 5.67. The number of H-pyrrole nitrogens is 1. The van der Waals surface area contributed by atoms with Gasteiger partial charge >= 0.3 is 5.69 Å². The molecule has 0 spiro atoms. The van der Waals surface area contributed by atoms with Crippen LogP contribution in [0.3, 0.4) is 0 Å². The van der Waals surface area contributed by atoms with Gasteiger partial charge in [-0.15, -0.1) is 0 Å². The highest BCUT2D eigenvalue weighted by atomic mass is 79.9. The van der Waals surface area contributed by atoms with E-state index < -0.39 is 11.2 Å². The molecule has 0 aliphatic heterocycles. The van der Waals surface area contributed by atoms with E-state index in [-0.39, 0.29) is 5.75 Å². The summed E-state index contributed by atoms with van der Waals surface area (Å²) in [5.41, 5.74) is 3.03. The average Bonchev–Trinajstić information content (AvgIpc) is 3.13. The first kappa shape index (κ1) is 23.8. The fraction of sp³-hybridized carbons (Fsp3) is 0.455. The SMILES string of the molecule is CCCCCCCCCn1c(N/N=C/c2cc(Br)ccc2O)nc2c1c(=O)[nH]c(=O)n2C. The van der Waals surface area contributed by atoms with E-state index in [1.165, 1.54) is 36.5 Å². The number of rotatable bonds is 11. The van der Waals surface area contributed by atoms with Crippen LogP contribution >= 0.6 is 15.9 Å². The number of aromatic nitrogens is 4. The largest absolute Gasteiger partial charge is 0.507 e. The van der Waals surface area contributed by atoms with E-state index in [0.29, 0.717) is 29.2 Å². The predicted octanol–water partition coefficient (Wildman–Crippen LogP) is 4.09. The number of nitrogens with one attached hydrogen (secondary N) is 2. The summed E-state index contributed by atoms with van der Waals surface area (Å²) < 4.78 is 3.88. The van der Waals surface area contributed by atoms with E-state index in [9.17, 15) is 14.7 Å². The van der Waals surface area contributed by atoms with Crippen LogP contribution in [0.25, 0.3) is 11.2 Å². The number of nitrogens with zero attached hydrogens (tertiary/aromatic N) is 4. The molecule has 0 unspecified atom stereocenters. The molecule has 3 N–H and O–H groups in total. The van der Waals surface area contributed by atoms with Crippen LogP contribution in [0.15, 0.2) is 37.4 Å². The maximum atomic E-state index is 12.5. The number of halogens is 1. The molecule has 0 saturated carbocycles. The Morgan fingerprint density at radius 3 is 2.66 bits per heavy atom. The number of imidazole rings is 1. The monoisotopic (exact) mass is 504 g/mol. The van der Waals surface area contributed by atoms with Crippen molar-refractivity contribution in [1.82, 2.24) is 19.1 Å². The zero-order valence-corrected chi connectivity index (χ0v) is 20.0. The summed E-state index contributed by atoms with van der Waals surface area (Å²) >= 11 is 3.37. The molecule has 0 fully saturated rings. The predicted molar refractivity (Wildman–Crippen MR) is 131 cm³/mol. The Kier molecular flexibility index (Phi) is 8.26. The number of hydrogen-bond donors (Lipinski definition) is 3. The molecule has 2 heterocycles. The van der Waals surface area contributed by atoms with Gasteiger partial charge in [0, 0.05) is 23.6 Å². The van der Waals surface area contributed by atoms with Gasteiger partial charge in [0.25, 0.3) is 5.56 Å². The smallest absolute Gasteiger partial charge is 0.329 e. The minimum Gasteiger partial charge on any atom is -0.507 e. The molecule has 3 rings (SSSR count). The van der Waals surface area contributed by atoms with Crippen molar-refractivity contribution in [2.75, 3.05) is 5.43 Å². The number of aromatic amines is 1. The molecule has 0 atom stereocenters. The summed E-state index contributed by atoms with van der Waals surface area (Å²) in [6.07, 6.45) is 9.47. The molecule has 0 saturated heterocycles. The Hall–Kier alpha value is -2.88. The Bertz CT molecular complexity index is 1210. The molecule has 0 bridgehead atoms. The lowest BCUT2D eigenvalue weighted by molar-refractivity contribution is 0.474. The van der Waals surface area contributed by atoms with Gasteiger partial charge in [-0.2, -0.15) is 10.1 Å².